The fourth-order valence-electron chi connectivity index (χ4n) is 6.87. The first-order valence-corrected chi connectivity index (χ1v) is 21.3. The van der Waals surface area contributed by atoms with Crippen LogP contribution in [0.25, 0.3) is 0 Å². The highest BCUT2D eigenvalue weighted by Gasteiger charge is 2.10. The van der Waals surface area contributed by atoms with Crippen molar-refractivity contribution < 1.29 is 5.11 Å². The smallest absolute Gasteiger partial charge is 0.0431 e. The number of nitrogens with zero attached hydrogens (tertiary/aromatic N) is 2. The van der Waals surface area contributed by atoms with E-state index in [0.717, 1.165) is 12.8 Å². The second-order valence-electron chi connectivity index (χ2n) is 14.7. The molecule has 0 radical (unpaired) electrons. The first-order valence-electron chi connectivity index (χ1n) is 21.3. The van der Waals surface area contributed by atoms with E-state index in [-0.39, 0.29) is 0 Å². The number of aliphatic hydroxyl groups excluding tert-OH is 1. The summed E-state index contributed by atoms with van der Waals surface area (Å²) < 4.78 is 0. The SMILES string of the molecule is CCCCCCCCCCCCN(CCCCO)CCN(CCCCCCCCCCCC)CCCCCCCCCCCC. The van der Waals surface area contributed by atoms with Crippen LogP contribution in [0, 0.1) is 0 Å². The maximum Gasteiger partial charge on any atom is 0.0431 e. The Hall–Kier alpha value is -0.120. The van der Waals surface area contributed by atoms with E-state index in [0.29, 0.717) is 6.61 Å². The Kier molecular flexibility index (Phi) is 39.9. The maximum atomic E-state index is 9.38. The third-order valence-electron chi connectivity index (χ3n) is 10.1. The van der Waals surface area contributed by atoms with Crippen molar-refractivity contribution in [3.63, 3.8) is 0 Å². The number of aliphatic hydroxyl groups is 1. The van der Waals surface area contributed by atoms with Gasteiger partial charge in [-0.15, -0.1) is 0 Å². The summed E-state index contributed by atoms with van der Waals surface area (Å²) in [5.41, 5.74) is 0. The van der Waals surface area contributed by atoms with Gasteiger partial charge in [-0.25, -0.2) is 0 Å². The first-order chi connectivity index (χ1) is 22.3. The summed E-state index contributed by atoms with van der Waals surface area (Å²) in [4.78, 5) is 5.57. The molecule has 0 aromatic rings. The van der Waals surface area contributed by atoms with E-state index in [9.17, 15) is 5.11 Å². The lowest BCUT2D eigenvalue weighted by Gasteiger charge is -2.28. The minimum absolute atomic E-state index is 0.343. The van der Waals surface area contributed by atoms with Crippen molar-refractivity contribution in [2.24, 2.45) is 0 Å². The Morgan fingerprint density at radius 3 is 0.667 bits per heavy atom. The Labute approximate surface area is 286 Å². The summed E-state index contributed by atoms with van der Waals surface area (Å²) in [6.45, 7) is 14.8. The van der Waals surface area contributed by atoms with Crippen LogP contribution >= 0.6 is 0 Å². The highest BCUT2D eigenvalue weighted by molar-refractivity contribution is 4.66. The third-order valence-corrected chi connectivity index (χ3v) is 10.1. The van der Waals surface area contributed by atoms with E-state index in [4.69, 9.17) is 0 Å². The van der Waals surface area contributed by atoms with Crippen LogP contribution in [0.15, 0.2) is 0 Å². The van der Waals surface area contributed by atoms with Crippen molar-refractivity contribution in [1.82, 2.24) is 9.80 Å². The molecule has 0 fully saturated rings. The quantitative estimate of drug-likeness (QED) is 0.0678. The summed E-state index contributed by atoms with van der Waals surface area (Å²) in [5, 5.41) is 9.38. The predicted octanol–water partition coefficient (Wildman–Crippen LogP) is 13.1. The molecule has 0 saturated heterocycles. The second kappa shape index (κ2) is 40.1. The van der Waals surface area contributed by atoms with Crippen molar-refractivity contribution in [2.75, 3.05) is 45.9 Å². The average Bonchev–Trinajstić information content (AvgIpc) is 3.05. The van der Waals surface area contributed by atoms with Crippen LogP contribution in [0.1, 0.15) is 226 Å². The van der Waals surface area contributed by atoms with Crippen molar-refractivity contribution in [2.45, 2.75) is 226 Å². The Bertz CT molecular complexity index is 489. The molecule has 3 heteroatoms. The van der Waals surface area contributed by atoms with Crippen LogP contribution in [-0.4, -0.2) is 60.8 Å². The van der Waals surface area contributed by atoms with Crippen molar-refractivity contribution in [1.29, 1.82) is 0 Å². The Morgan fingerprint density at radius 2 is 0.444 bits per heavy atom. The molecule has 0 rings (SSSR count). The topological polar surface area (TPSA) is 26.7 Å². The molecular weight excluding hydrogens is 548 g/mol. The fourth-order valence-corrected chi connectivity index (χ4v) is 6.87. The summed E-state index contributed by atoms with van der Waals surface area (Å²) in [5.74, 6) is 0. The Morgan fingerprint density at radius 1 is 0.244 bits per heavy atom. The molecule has 0 spiro atoms. The van der Waals surface area contributed by atoms with Gasteiger partial charge in [0.05, 0.1) is 0 Å². The molecule has 3 nitrogen and oxygen atoms in total. The van der Waals surface area contributed by atoms with E-state index >= 15 is 0 Å². The molecule has 0 amide bonds. The van der Waals surface area contributed by atoms with Crippen molar-refractivity contribution in [3.8, 4) is 0 Å². The monoisotopic (exact) mass is 637 g/mol. The molecule has 0 bridgehead atoms. The fraction of sp³-hybridized carbons (Fsp3) is 1.00. The summed E-state index contributed by atoms with van der Waals surface area (Å²) in [6, 6.07) is 0. The largest absolute Gasteiger partial charge is 0.396 e. The van der Waals surface area contributed by atoms with Crippen LogP contribution in [0.2, 0.25) is 0 Å². The minimum atomic E-state index is 0.343. The second-order valence-corrected chi connectivity index (χ2v) is 14.7. The molecule has 0 aliphatic heterocycles. The standard InChI is InChI=1S/C42H88N2O/c1-4-7-10-13-16-19-22-25-28-31-36-43(37-32-29-26-23-20-17-14-11-8-5-2)40-41-44(39-34-35-42-45)38-33-30-27-24-21-18-15-12-9-6-3/h45H,4-42H2,1-3H3. The molecule has 0 saturated carbocycles. The van der Waals surface area contributed by atoms with Gasteiger partial charge >= 0.3 is 0 Å². The first kappa shape index (κ1) is 44.9. The zero-order valence-corrected chi connectivity index (χ0v) is 31.9. The highest BCUT2D eigenvalue weighted by atomic mass is 16.2. The number of hydrogen-bond donors (Lipinski definition) is 1. The number of hydrogen-bond acceptors (Lipinski definition) is 3. The molecule has 0 aromatic carbocycles. The van der Waals surface area contributed by atoms with E-state index in [1.54, 1.807) is 0 Å². The molecule has 0 aromatic heterocycles. The summed E-state index contributed by atoms with van der Waals surface area (Å²) in [7, 11) is 0. The van der Waals surface area contributed by atoms with Gasteiger partial charge in [-0.05, 0) is 58.3 Å². The lowest BCUT2D eigenvalue weighted by atomic mass is 10.1. The van der Waals surface area contributed by atoms with Gasteiger partial charge in [0.25, 0.3) is 0 Å². The van der Waals surface area contributed by atoms with Crippen LogP contribution in [0.3, 0.4) is 0 Å². The van der Waals surface area contributed by atoms with Gasteiger partial charge in [0, 0.05) is 19.7 Å². The van der Waals surface area contributed by atoms with Gasteiger partial charge in [-0.1, -0.05) is 194 Å². The molecule has 45 heavy (non-hydrogen) atoms. The van der Waals surface area contributed by atoms with Gasteiger partial charge < -0.3 is 14.9 Å². The zero-order chi connectivity index (χ0) is 32.7. The lowest BCUT2D eigenvalue weighted by Crippen LogP contribution is -2.37. The van der Waals surface area contributed by atoms with E-state index in [2.05, 4.69) is 30.6 Å². The molecule has 0 heterocycles. The van der Waals surface area contributed by atoms with E-state index < -0.39 is 0 Å². The normalized spacial score (nSPS) is 11.9. The molecular formula is C42H88N2O. The predicted molar refractivity (Wildman–Crippen MR) is 205 cm³/mol. The zero-order valence-electron chi connectivity index (χ0n) is 31.9. The number of rotatable bonds is 40. The van der Waals surface area contributed by atoms with Gasteiger partial charge in [-0.3, -0.25) is 0 Å². The molecule has 0 unspecified atom stereocenters. The van der Waals surface area contributed by atoms with Gasteiger partial charge in [-0.2, -0.15) is 0 Å². The molecule has 0 aliphatic rings. The van der Waals surface area contributed by atoms with Crippen LogP contribution < -0.4 is 0 Å². The van der Waals surface area contributed by atoms with Crippen LogP contribution in [0.4, 0.5) is 0 Å². The van der Waals surface area contributed by atoms with Crippen LogP contribution in [-0.2, 0) is 0 Å². The summed E-state index contributed by atoms with van der Waals surface area (Å²) in [6.07, 6.45) is 44.8. The molecule has 1 N–H and O–H groups in total. The lowest BCUT2D eigenvalue weighted by molar-refractivity contribution is 0.188. The maximum absolute atomic E-state index is 9.38. The Balaban J connectivity index is 4.43. The average molecular weight is 637 g/mol. The van der Waals surface area contributed by atoms with E-state index in [1.807, 2.05) is 0 Å². The molecule has 0 aliphatic carbocycles. The van der Waals surface area contributed by atoms with Crippen LogP contribution in [0.5, 0.6) is 0 Å². The summed E-state index contributed by atoms with van der Waals surface area (Å²) >= 11 is 0. The van der Waals surface area contributed by atoms with Crippen molar-refractivity contribution >= 4 is 0 Å². The number of unbranched alkanes of at least 4 members (excludes halogenated alkanes) is 28. The highest BCUT2D eigenvalue weighted by Crippen LogP contribution is 2.14. The molecule has 0 atom stereocenters. The van der Waals surface area contributed by atoms with Crippen molar-refractivity contribution in [3.05, 3.63) is 0 Å². The third kappa shape index (κ3) is 36.6. The van der Waals surface area contributed by atoms with Gasteiger partial charge in [0.1, 0.15) is 0 Å². The van der Waals surface area contributed by atoms with Gasteiger partial charge in [0.2, 0.25) is 0 Å². The van der Waals surface area contributed by atoms with Gasteiger partial charge in [0.15, 0.2) is 0 Å². The minimum Gasteiger partial charge on any atom is -0.396 e. The van der Waals surface area contributed by atoms with E-state index in [1.165, 1.54) is 232 Å². The molecule has 272 valence electrons.